The van der Waals surface area contributed by atoms with Crippen LogP contribution in [0.4, 0.5) is 61.2 Å². The highest BCUT2D eigenvalue weighted by Crippen LogP contribution is 2.35. The van der Waals surface area contributed by atoms with Gasteiger partial charge in [0.15, 0.2) is 11.2 Å². The Hall–Kier alpha value is -8.70. The van der Waals surface area contributed by atoms with Gasteiger partial charge in [0.05, 0.1) is 59.1 Å². The second kappa shape index (κ2) is 25.4. The molecule has 6 rings (SSSR count). The predicted molar refractivity (Wildman–Crippen MR) is 250 cm³/mol. The fraction of sp³-hybridized carbons (Fsp3) is 0.286. The van der Waals surface area contributed by atoms with E-state index in [1.165, 1.54) is 51.9 Å². The maximum absolute atomic E-state index is 12.9. The number of carbonyl (C=O) groups is 3. The fourth-order valence-electron chi connectivity index (χ4n) is 5.10. The molecule has 6 aromatic rings. The van der Waals surface area contributed by atoms with Crippen molar-refractivity contribution in [3.63, 3.8) is 0 Å². The van der Waals surface area contributed by atoms with Crippen molar-refractivity contribution in [1.29, 1.82) is 15.8 Å². The van der Waals surface area contributed by atoms with Crippen molar-refractivity contribution < 1.29 is 56.0 Å². The molecule has 0 unspecified atom stereocenters. The molecule has 3 aromatic heterocycles. The highest BCUT2D eigenvalue weighted by molar-refractivity contribution is 9.09. The number of alkyl halides is 7. The van der Waals surface area contributed by atoms with Crippen LogP contribution in [0.25, 0.3) is 0 Å². The van der Waals surface area contributed by atoms with Gasteiger partial charge >= 0.3 is 12.4 Å². The molecule has 0 radical (unpaired) electrons. The highest BCUT2D eigenvalue weighted by atomic mass is 79.9. The zero-order valence-electron chi connectivity index (χ0n) is 38.4. The van der Waals surface area contributed by atoms with E-state index in [9.17, 15) is 56.0 Å². The molecule has 0 saturated carbocycles. The van der Waals surface area contributed by atoms with Gasteiger partial charge in [0, 0.05) is 22.4 Å². The Labute approximate surface area is 417 Å². The van der Waals surface area contributed by atoms with Gasteiger partial charge in [-0.1, -0.05) is 15.9 Å². The largest absolute Gasteiger partial charge is 0.417 e. The van der Waals surface area contributed by atoms with Gasteiger partial charge in [-0.2, -0.15) is 57.4 Å². The van der Waals surface area contributed by atoms with E-state index in [0.717, 1.165) is 29.8 Å². The predicted octanol–water partition coefficient (Wildman–Crippen LogP) is 4.33. The minimum atomic E-state index is -4.75. The van der Waals surface area contributed by atoms with Crippen LogP contribution in [0.1, 0.15) is 54.2 Å². The Morgan fingerprint density at radius 1 is 0.603 bits per heavy atom. The second-order valence-electron chi connectivity index (χ2n) is 15.4. The van der Waals surface area contributed by atoms with E-state index < -0.39 is 69.1 Å². The van der Waals surface area contributed by atoms with Crippen molar-refractivity contribution in [2.45, 2.75) is 56.9 Å². The molecule has 0 aliphatic carbocycles. The normalized spacial score (nSPS) is 13.2. The number of rotatable bonds is 13. The molecule has 0 bridgehead atoms. The number of aromatic amines is 3. The number of aliphatic hydroxyl groups is 3. The maximum atomic E-state index is 12.9. The lowest BCUT2D eigenvalue weighted by Crippen LogP contribution is -2.45. The van der Waals surface area contributed by atoms with Gasteiger partial charge in [-0.3, -0.25) is 14.4 Å². The summed E-state index contributed by atoms with van der Waals surface area (Å²) in [7, 11) is 0. The van der Waals surface area contributed by atoms with Crippen LogP contribution < -0.4 is 32.3 Å². The summed E-state index contributed by atoms with van der Waals surface area (Å²) >= 11 is 2.92. The minimum absolute atomic E-state index is 0.0384. The van der Waals surface area contributed by atoms with Crippen LogP contribution in [0.2, 0.25) is 0 Å². The number of carbonyl (C=O) groups excluding carboxylic acids is 3. The Kier molecular flexibility index (Phi) is 20.4. The second-order valence-corrected chi connectivity index (χ2v) is 16.0. The van der Waals surface area contributed by atoms with E-state index in [0.29, 0.717) is 35.3 Å². The lowest BCUT2D eigenvalue weighted by atomic mass is 10.0. The number of nitrogen functional groups attached to an aromatic ring is 1. The number of amides is 3. The minimum Gasteiger partial charge on any atom is -0.379 e. The van der Waals surface area contributed by atoms with Gasteiger partial charge in [-0.05, 0) is 87.9 Å². The molecule has 0 saturated heterocycles. The van der Waals surface area contributed by atoms with Crippen molar-refractivity contribution >= 4 is 68.6 Å². The van der Waals surface area contributed by atoms with Crippen molar-refractivity contribution in [2.75, 3.05) is 50.7 Å². The molecule has 13 N–H and O–H groups in total. The molecule has 24 nitrogen and oxygen atoms in total. The number of nitrogens with zero attached hydrogens (tertiary/aromatic N) is 9. The van der Waals surface area contributed by atoms with Crippen LogP contribution >= 0.6 is 15.9 Å². The summed E-state index contributed by atoms with van der Waals surface area (Å²) < 4.78 is 77.0. The van der Waals surface area contributed by atoms with E-state index in [2.05, 4.69) is 94.1 Å². The van der Waals surface area contributed by atoms with Gasteiger partial charge in [0.1, 0.15) is 24.6 Å². The molecule has 0 aliphatic heterocycles. The lowest BCUT2D eigenvalue weighted by Gasteiger charge is -2.22. The standard InChI is InChI=1S/C14H13F3N6O2.C14H16N6O2.C12H10BrF3N2O2.C2H4N4/c1-13(25,6-19-12-20-7-21-23-12)11(24)22-9-3-2-8(5-18)10(4-9)14(15,16)17;1-9-5-11(4-3-10(9)6-15)19-12(21)14(2,22)7-16-13-17-8-18-20-13;1-11(20,6-13)10(19)18-8-3-2-7(5-17)9(4-8)12(14,15)16;3-2-4-1-5-6-2/h2-4,7,25H,6H2,1H3,(H,22,24)(H2,19,20,21,23);3-5,8,22H,7H2,1-2H3,(H,19,21)(H2,16,17,18,20);2-4,20H,6H2,1H3,(H,18,19);1H,(H3,3,4,5,6)/t13-;14-;11-;/m000./s1. The van der Waals surface area contributed by atoms with E-state index in [-0.39, 0.29) is 35.7 Å². The van der Waals surface area contributed by atoms with Crippen LogP contribution in [-0.4, -0.2) is 114 Å². The highest BCUT2D eigenvalue weighted by Gasteiger charge is 2.37. The zero-order chi connectivity index (χ0) is 54.8. The van der Waals surface area contributed by atoms with Crippen LogP contribution in [0.3, 0.4) is 0 Å². The van der Waals surface area contributed by atoms with Crippen LogP contribution in [-0.2, 0) is 26.7 Å². The number of H-pyrrole nitrogens is 3. The molecule has 0 spiro atoms. The van der Waals surface area contributed by atoms with Crippen molar-refractivity contribution in [3.05, 3.63) is 107 Å². The Morgan fingerprint density at radius 2 is 0.959 bits per heavy atom. The summed E-state index contributed by atoms with van der Waals surface area (Å²) in [6, 6.07) is 15.3. The summed E-state index contributed by atoms with van der Waals surface area (Å²) in [5.41, 5.74) is -2.26. The molecule has 3 atom stereocenters. The number of nitrogens with two attached hydrogens (primary N) is 1. The molecule has 3 amide bonds. The van der Waals surface area contributed by atoms with Gasteiger partial charge < -0.3 is 47.6 Å². The average Bonchev–Trinajstić information content (AvgIpc) is 4.16. The smallest absolute Gasteiger partial charge is 0.379 e. The van der Waals surface area contributed by atoms with E-state index in [1.54, 1.807) is 25.1 Å². The topological polar surface area (TPSA) is 394 Å². The first-order chi connectivity index (χ1) is 34.1. The third kappa shape index (κ3) is 18.2. The number of nitriles is 3. The molecular weight excluding hydrogens is 1050 g/mol. The first-order valence-corrected chi connectivity index (χ1v) is 21.4. The summed E-state index contributed by atoms with van der Waals surface area (Å²) in [5.74, 6) is -1.42. The van der Waals surface area contributed by atoms with Crippen molar-refractivity contribution in [3.8, 4) is 18.2 Å². The SMILES string of the molecule is C[C@](O)(CBr)C(=O)Nc1ccc(C#N)c(C(F)(F)F)c1.C[C@](O)(CNc1ncn[nH]1)C(=O)Nc1ccc(C#N)c(C(F)(F)F)c1.Cc1cc(NC(=O)[C@@](C)(O)CNc2ncn[nH]2)ccc1C#N.Nc1ncn[nH]1. The third-order valence-corrected chi connectivity index (χ3v) is 10.3. The molecule has 0 fully saturated rings. The van der Waals surface area contributed by atoms with Crippen LogP contribution in [0.5, 0.6) is 0 Å². The number of aryl methyl sites for hydroxylation is 1. The maximum Gasteiger partial charge on any atom is 0.417 e. The molecule has 0 aliphatic rings. The summed E-state index contributed by atoms with van der Waals surface area (Å²) in [6.07, 6.45) is -5.57. The van der Waals surface area contributed by atoms with E-state index in [1.807, 2.05) is 0 Å². The molecule has 73 heavy (non-hydrogen) atoms. The molecular formula is C42H43BrF6N18O6. The molecule has 3 heterocycles. The summed E-state index contributed by atoms with van der Waals surface area (Å²) in [6.45, 7) is 5.26. The number of hydrogen-bond donors (Lipinski definition) is 12. The van der Waals surface area contributed by atoms with Gasteiger partial charge in [-0.15, -0.1) is 0 Å². The number of anilines is 6. The number of hydrogen-bond acceptors (Lipinski definition) is 18. The monoisotopic (exact) mass is 1090 g/mol. The first-order valence-electron chi connectivity index (χ1n) is 20.3. The fourth-order valence-corrected chi connectivity index (χ4v) is 5.36. The zero-order valence-corrected chi connectivity index (χ0v) is 39.9. The molecule has 3 aromatic carbocycles. The number of halogens is 7. The van der Waals surface area contributed by atoms with E-state index in [4.69, 9.17) is 21.5 Å². The summed E-state index contributed by atoms with van der Waals surface area (Å²) in [4.78, 5) is 47.0. The number of benzene rings is 3. The third-order valence-electron chi connectivity index (χ3n) is 9.20. The lowest BCUT2D eigenvalue weighted by molar-refractivity contribution is -0.138. The van der Waals surface area contributed by atoms with Gasteiger partial charge in [0.25, 0.3) is 17.7 Å². The van der Waals surface area contributed by atoms with Crippen LogP contribution in [0, 0.1) is 40.9 Å². The molecule has 386 valence electrons. The van der Waals surface area contributed by atoms with E-state index >= 15 is 0 Å². The summed E-state index contributed by atoms with van der Waals surface area (Å²) in [5, 5.41) is 86.7. The Bertz CT molecular complexity index is 2910. The number of aromatic nitrogens is 9. The van der Waals surface area contributed by atoms with Gasteiger partial charge in [-0.25, -0.2) is 30.2 Å². The first kappa shape index (κ1) is 58.6. The quantitative estimate of drug-likeness (QED) is 0.0565. The molecule has 31 heteroatoms. The Morgan fingerprint density at radius 3 is 1.25 bits per heavy atom. The van der Waals surface area contributed by atoms with Gasteiger partial charge in [0.2, 0.25) is 17.8 Å². The van der Waals surface area contributed by atoms with Crippen molar-refractivity contribution in [2.24, 2.45) is 0 Å². The van der Waals surface area contributed by atoms with Crippen LogP contribution in [0.15, 0.2) is 73.6 Å². The number of nitrogens with one attached hydrogen (secondary N) is 8. The average molecular weight is 1090 g/mol. The van der Waals surface area contributed by atoms with Crippen molar-refractivity contribution in [1.82, 2.24) is 45.5 Å². The Balaban J connectivity index is 0.000000274.